The summed E-state index contributed by atoms with van der Waals surface area (Å²) in [6, 6.07) is 0.327. The van der Waals surface area contributed by atoms with Crippen molar-refractivity contribution in [1.82, 2.24) is 0 Å². The summed E-state index contributed by atoms with van der Waals surface area (Å²) in [5.41, 5.74) is 9.03. The van der Waals surface area contributed by atoms with E-state index in [0.29, 0.717) is 6.04 Å². The average Bonchev–Trinajstić information content (AvgIpc) is 2.12. The molecule has 1 saturated carbocycles. The lowest BCUT2D eigenvalue weighted by atomic mass is 9.76. The van der Waals surface area contributed by atoms with Gasteiger partial charge < -0.3 is 5.73 Å². The van der Waals surface area contributed by atoms with Crippen LogP contribution in [0.5, 0.6) is 0 Å². The zero-order valence-electron chi connectivity index (χ0n) is 7.72. The van der Waals surface area contributed by atoms with Gasteiger partial charge in [0.2, 0.25) is 0 Å². The summed E-state index contributed by atoms with van der Waals surface area (Å²) < 4.78 is 0. The van der Waals surface area contributed by atoms with E-state index in [4.69, 9.17) is 5.73 Å². The Morgan fingerprint density at radius 3 is 2.50 bits per heavy atom. The van der Waals surface area contributed by atoms with E-state index in [2.05, 4.69) is 19.1 Å². The first-order chi connectivity index (χ1) is 5.79. The highest BCUT2D eigenvalue weighted by atomic mass is 14.6. The van der Waals surface area contributed by atoms with Crippen molar-refractivity contribution in [2.45, 2.75) is 38.6 Å². The Morgan fingerprint density at radius 2 is 1.83 bits per heavy atom. The van der Waals surface area contributed by atoms with E-state index in [1.54, 1.807) is 5.57 Å². The molecule has 12 heavy (non-hydrogen) atoms. The van der Waals surface area contributed by atoms with Crippen LogP contribution in [0, 0.1) is 5.92 Å². The van der Waals surface area contributed by atoms with E-state index in [-0.39, 0.29) is 0 Å². The molecular weight excluding hydrogens is 146 g/mol. The first-order valence-corrected chi connectivity index (χ1v) is 4.95. The molecule has 2 rings (SSSR count). The molecule has 2 aliphatic carbocycles. The van der Waals surface area contributed by atoms with Gasteiger partial charge in [-0.25, -0.2) is 0 Å². The molecule has 1 nitrogen and oxygen atoms in total. The monoisotopic (exact) mass is 163 g/mol. The summed E-state index contributed by atoms with van der Waals surface area (Å²) in [6.45, 7) is 2.32. The molecule has 2 unspecified atom stereocenters. The molecule has 0 bridgehead atoms. The van der Waals surface area contributed by atoms with Gasteiger partial charge in [0.25, 0.3) is 0 Å². The lowest BCUT2D eigenvalue weighted by Crippen LogP contribution is -2.31. The van der Waals surface area contributed by atoms with Crippen molar-refractivity contribution in [3.05, 3.63) is 23.3 Å². The van der Waals surface area contributed by atoms with Crippen LogP contribution in [-0.2, 0) is 0 Å². The number of nitrogens with two attached hydrogens (primary N) is 1. The highest BCUT2D eigenvalue weighted by molar-refractivity contribution is 5.40. The van der Waals surface area contributed by atoms with Crippen LogP contribution in [-0.4, -0.2) is 6.04 Å². The molecule has 0 radical (unpaired) electrons. The SMILES string of the molecule is CC1CCC(N)C2=CCCC=C21. The Balaban J connectivity index is 2.28. The van der Waals surface area contributed by atoms with E-state index in [9.17, 15) is 0 Å². The summed E-state index contributed by atoms with van der Waals surface area (Å²) in [6.07, 6.45) is 9.58. The number of allylic oxidation sites excluding steroid dienone is 2. The van der Waals surface area contributed by atoms with E-state index < -0.39 is 0 Å². The normalized spacial score (nSPS) is 35.2. The Labute approximate surface area is 74.3 Å². The van der Waals surface area contributed by atoms with E-state index in [0.717, 1.165) is 5.92 Å². The highest BCUT2D eigenvalue weighted by Crippen LogP contribution is 2.35. The van der Waals surface area contributed by atoms with Crippen molar-refractivity contribution in [3.63, 3.8) is 0 Å². The maximum atomic E-state index is 6.04. The lowest BCUT2D eigenvalue weighted by molar-refractivity contribution is 0.490. The minimum absolute atomic E-state index is 0.327. The molecule has 0 amide bonds. The molecule has 0 spiro atoms. The first-order valence-electron chi connectivity index (χ1n) is 4.95. The maximum absolute atomic E-state index is 6.04. The van der Waals surface area contributed by atoms with Crippen LogP contribution in [0.15, 0.2) is 23.3 Å². The van der Waals surface area contributed by atoms with Crippen LogP contribution in [0.2, 0.25) is 0 Å². The molecule has 0 aromatic carbocycles. The molecule has 0 aliphatic heterocycles. The zero-order valence-corrected chi connectivity index (χ0v) is 7.72. The molecule has 0 saturated heterocycles. The molecule has 2 N–H and O–H groups in total. The van der Waals surface area contributed by atoms with Crippen LogP contribution in [0.1, 0.15) is 32.6 Å². The van der Waals surface area contributed by atoms with Crippen LogP contribution < -0.4 is 5.73 Å². The summed E-state index contributed by atoms with van der Waals surface area (Å²) >= 11 is 0. The summed E-state index contributed by atoms with van der Waals surface area (Å²) in [5.74, 6) is 0.747. The third-order valence-electron chi connectivity index (χ3n) is 3.07. The van der Waals surface area contributed by atoms with Crippen LogP contribution in [0.4, 0.5) is 0 Å². The Hall–Kier alpha value is -0.560. The fraction of sp³-hybridized carbons (Fsp3) is 0.636. The Morgan fingerprint density at radius 1 is 1.17 bits per heavy atom. The molecule has 0 aromatic rings. The Bertz CT molecular complexity index is 211. The van der Waals surface area contributed by atoms with Gasteiger partial charge >= 0.3 is 0 Å². The van der Waals surface area contributed by atoms with Crippen molar-refractivity contribution in [1.29, 1.82) is 0 Å². The minimum Gasteiger partial charge on any atom is -0.324 e. The largest absolute Gasteiger partial charge is 0.324 e. The van der Waals surface area contributed by atoms with Crippen molar-refractivity contribution < 1.29 is 0 Å². The minimum atomic E-state index is 0.327. The van der Waals surface area contributed by atoms with Crippen LogP contribution in [0.3, 0.4) is 0 Å². The molecule has 1 heteroatoms. The summed E-state index contributed by atoms with van der Waals surface area (Å²) in [4.78, 5) is 0. The fourth-order valence-corrected chi connectivity index (χ4v) is 2.31. The smallest absolute Gasteiger partial charge is 0.0294 e. The predicted molar refractivity (Wildman–Crippen MR) is 51.8 cm³/mol. The van der Waals surface area contributed by atoms with Crippen molar-refractivity contribution >= 4 is 0 Å². The van der Waals surface area contributed by atoms with Gasteiger partial charge in [-0.1, -0.05) is 19.1 Å². The molecule has 1 fully saturated rings. The Kier molecular flexibility index (Phi) is 2.05. The average molecular weight is 163 g/mol. The second kappa shape index (κ2) is 3.06. The molecule has 0 aromatic heterocycles. The van der Waals surface area contributed by atoms with Crippen LogP contribution >= 0.6 is 0 Å². The topological polar surface area (TPSA) is 26.0 Å². The first kappa shape index (κ1) is 8.06. The van der Waals surface area contributed by atoms with Gasteiger partial charge in [0.05, 0.1) is 0 Å². The van der Waals surface area contributed by atoms with Gasteiger partial charge in [-0.05, 0) is 42.7 Å². The highest BCUT2D eigenvalue weighted by Gasteiger charge is 2.25. The standard InChI is InChI=1S/C11H17N/c1-8-6-7-11(12)10-5-3-2-4-9(8)10/h4-5,8,11H,2-3,6-7,12H2,1H3. The molecular formula is C11H17N. The molecule has 2 aliphatic rings. The summed E-state index contributed by atoms with van der Waals surface area (Å²) in [5, 5.41) is 0. The molecule has 0 heterocycles. The number of hydrogen-bond acceptors (Lipinski definition) is 1. The van der Waals surface area contributed by atoms with Gasteiger partial charge in [-0.3, -0.25) is 0 Å². The van der Waals surface area contributed by atoms with Gasteiger partial charge in [0.15, 0.2) is 0 Å². The van der Waals surface area contributed by atoms with Crippen molar-refractivity contribution in [2.75, 3.05) is 0 Å². The predicted octanol–water partition coefficient (Wildman–Crippen LogP) is 2.39. The third-order valence-corrected chi connectivity index (χ3v) is 3.07. The zero-order chi connectivity index (χ0) is 8.55. The lowest BCUT2D eigenvalue weighted by Gasteiger charge is -2.32. The van der Waals surface area contributed by atoms with Gasteiger partial charge in [-0.15, -0.1) is 0 Å². The van der Waals surface area contributed by atoms with E-state index in [1.165, 1.54) is 31.3 Å². The molecule has 66 valence electrons. The quantitative estimate of drug-likeness (QED) is 0.583. The second-order valence-corrected chi connectivity index (χ2v) is 3.98. The third kappa shape index (κ3) is 1.22. The fourth-order valence-electron chi connectivity index (χ4n) is 2.31. The van der Waals surface area contributed by atoms with Gasteiger partial charge in [-0.2, -0.15) is 0 Å². The van der Waals surface area contributed by atoms with Gasteiger partial charge in [0.1, 0.15) is 0 Å². The summed E-state index contributed by atoms with van der Waals surface area (Å²) in [7, 11) is 0. The van der Waals surface area contributed by atoms with Crippen molar-refractivity contribution in [3.8, 4) is 0 Å². The van der Waals surface area contributed by atoms with E-state index >= 15 is 0 Å². The number of fused-ring (bicyclic) bond motifs is 1. The number of rotatable bonds is 0. The van der Waals surface area contributed by atoms with Crippen molar-refractivity contribution in [2.24, 2.45) is 11.7 Å². The second-order valence-electron chi connectivity index (χ2n) is 3.98. The van der Waals surface area contributed by atoms with E-state index in [1.807, 2.05) is 0 Å². The molecule has 2 atom stereocenters. The van der Waals surface area contributed by atoms with Gasteiger partial charge in [0, 0.05) is 6.04 Å². The number of hydrogen-bond donors (Lipinski definition) is 1. The maximum Gasteiger partial charge on any atom is 0.0294 e. The van der Waals surface area contributed by atoms with Crippen LogP contribution in [0.25, 0.3) is 0 Å².